The summed E-state index contributed by atoms with van der Waals surface area (Å²) in [6, 6.07) is 9.39. The number of hydrogen-bond acceptors (Lipinski definition) is 4. The monoisotopic (exact) mass is 300 g/mol. The molecule has 1 fully saturated rings. The second-order valence-electron chi connectivity index (χ2n) is 5.04. The third kappa shape index (κ3) is 3.43. The Bertz CT molecular complexity index is 668. The van der Waals surface area contributed by atoms with Gasteiger partial charge in [-0.3, -0.25) is 9.48 Å². The standard InChI is InChI=1S/C15H16N4O3/c20-14(13-10-22-15(21)18-13)16-6-12-7-17-19(9-12)8-11-4-2-1-3-5-11/h1-5,7,9,13H,6,8,10H2,(H,16,20)(H,18,21)/t13-/m0/s1. The first-order chi connectivity index (χ1) is 10.7. The predicted octanol–water partition coefficient (Wildman–Crippen LogP) is 0.656. The van der Waals surface area contributed by atoms with E-state index in [0.717, 1.165) is 11.1 Å². The fourth-order valence-corrected chi connectivity index (χ4v) is 2.19. The molecule has 0 aliphatic carbocycles. The van der Waals surface area contributed by atoms with Gasteiger partial charge in [0.25, 0.3) is 0 Å². The Morgan fingerprint density at radius 3 is 2.91 bits per heavy atom. The van der Waals surface area contributed by atoms with Crippen LogP contribution in [0.3, 0.4) is 0 Å². The van der Waals surface area contributed by atoms with Gasteiger partial charge in [0.15, 0.2) is 0 Å². The lowest BCUT2D eigenvalue weighted by molar-refractivity contribution is -0.122. The van der Waals surface area contributed by atoms with Crippen LogP contribution in [0.15, 0.2) is 42.7 Å². The summed E-state index contributed by atoms with van der Waals surface area (Å²) >= 11 is 0. The van der Waals surface area contributed by atoms with Crippen LogP contribution in [0.1, 0.15) is 11.1 Å². The number of rotatable bonds is 5. The molecule has 1 aliphatic heterocycles. The van der Waals surface area contributed by atoms with Crippen LogP contribution in [0.25, 0.3) is 0 Å². The van der Waals surface area contributed by atoms with Gasteiger partial charge in [-0.1, -0.05) is 30.3 Å². The maximum atomic E-state index is 11.8. The molecule has 0 spiro atoms. The molecule has 7 heteroatoms. The second kappa shape index (κ2) is 6.30. The van der Waals surface area contributed by atoms with E-state index in [1.807, 2.05) is 41.2 Å². The minimum atomic E-state index is -0.619. The van der Waals surface area contributed by atoms with Crippen molar-refractivity contribution in [3.05, 3.63) is 53.9 Å². The highest BCUT2D eigenvalue weighted by atomic mass is 16.6. The van der Waals surface area contributed by atoms with Crippen molar-refractivity contribution in [2.45, 2.75) is 19.1 Å². The van der Waals surface area contributed by atoms with Crippen LogP contribution in [0, 0.1) is 0 Å². The highest BCUT2D eigenvalue weighted by molar-refractivity contribution is 5.87. The van der Waals surface area contributed by atoms with Crippen molar-refractivity contribution in [2.24, 2.45) is 0 Å². The average molecular weight is 300 g/mol. The van der Waals surface area contributed by atoms with Crippen LogP contribution in [0.2, 0.25) is 0 Å². The molecule has 1 aliphatic rings. The van der Waals surface area contributed by atoms with Gasteiger partial charge in [0.1, 0.15) is 12.6 Å². The molecule has 0 bridgehead atoms. The molecule has 1 atom stereocenters. The van der Waals surface area contributed by atoms with Crippen molar-refractivity contribution in [1.82, 2.24) is 20.4 Å². The number of nitrogens with zero attached hydrogens (tertiary/aromatic N) is 2. The highest BCUT2D eigenvalue weighted by Gasteiger charge is 2.28. The summed E-state index contributed by atoms with van der Waals surface area (Å²) in [5, 5.41) is 9.46. The zero-order valence-corrected chi connectivity index (χ0v) is 11.9. The molecule has 0 radical (unpaired) electrons. The predicted molar refractivity (Wildman–Crippen MR) is 77.9 cm³/mol. The van der Waals surface area contributed by atoms with Gasteiger partial charge in [-0.25, -0.2) is 4.79 Å². The van der Waals surface area contributed by atoms with Gasteiger partial charge < -0.3 is 15.4 Å². The Kier molecular flexibility index (Phi) is 4.04. The van der Waals surface area contributed by atoms with Gasteiger partial charge in [-0.15, -0.1) is 0 Å². The lowest BCUT2D eigenvalue weighted by Gasteiger charge is -2.07. The molecule has 114 valence electrons. The van der Waals surface area contributed by atoms with Crippen molar-refractivity contribution in [3.8, 4) is 0 Å². The SMILES string of the molecule is O=C1N[C@H](C(=O)NCc2cnn(Cc3ccccc3)c2)CO1. The smallest absolute Gasteiger partial charge is 0.407 e. The Labute approximate surface area is 127 Å². The van der Waals surface area contributed by atoms with Crippen LogP contribution in [0.4, 0.5) is 4.79 Å². The number of cyclic esters (lactones) is 1. The minimum absolute atomic E-state index is 0.0674. The molecule has 22 heavy (non-hydrogen) atoms. The van der Waals surface area contributed by atoms with Crippen molar-refractivity contribution >= 4 is 12.0 Å². The largest absolute Gasteiger partial charge is 0.447 e. The number of aromatic nitrogens is 2. The van der Waals surface area contributed by atoms with Crippen LogP contribution in [-0.4, -0.2) is 34.4 Å². The van der Waals surface area contributed by atoms with Gasteiger partial charge >= 0.3 is 6.09 Å². The number of nitrogens with one attached hydrogen (secondary N) is 2. The lowest BCUT2D eigenvalue weighted by Crippen LogP contribution is -2.42. The summed E-state index contributed by atoms with van der Waals surface area (Å²) in [6.07, 6.45) is 3.04. The molecule has 1 saturated heterocycles. The van der Waals surface area contributed by atoms with E-state index >= 15 is 0 Å². The fraction of sp³-hybridized carbons (Fsp3) is 0.267. The van der Waals surface area contributed by atoms with Gasteiger partial charge in [0.2, 0.25) is 5.91 Å². The molecule has 2 amide bonds. The third-order valence-corrected chi connectivity index (χ3v) is 3.33. The minimum Gasteiger partial charge on any atom is -0.447 e. The summed E-state index contributed by atoms with van der Waals surface area (Å²) in [5.41, 5.74) is 2.06. The van der Waals surface area contributed by atoms with E-state index in [1.54, 1.807) is 6.20 Å². The first kappa shape index (κ1) is 14.1. The first-order valence-electron chi connectivity index (χ1n) is 6.97. The van der Waals surface area contributed by atoms with E-state index in [2.05, 4.69) is 20.5 Å². The number of benzene rings is 1. The Morgan fingerprint density at radius 2 is 2.18 bits per heavy atom. The zero-order valence-electron chi connectivity index (χ0n) is 11.9. The Balaban J connectivity index is 1.51. The van der Waals surface area contributed by atoms with Gasteiger partial charge in [-0.05, 0) is 5.56 Å². The Morgan fingerprint density at radius 1 is 1.36 bits per heavy atom. The van der Waals surface area contributed by atoms with E-state index in [1.165, 1.54) is 0 Å². The number of hydrogen-bond donors (Lipinski definition) is 2. The highest BCUT2D eigenvalue weighted by Crippen LogP contribution is 2.04. The van der Waals surface area contributed by atoms with E-state index < -0.39 is 12.1 Å². The van der Waals surface area contributed by atoms with Crippen molar-refractivity contribution in [2.75, 3.05) is 6.61 Å². The summed E-state index contributed by atoms with van der Waals surface area (Å²) < 4.78 is 6.50. The quantitative estimate of drug-likeness (QED) is 0.849. The summed E-state index contributed by atoms with van der Waals surface area (Å²) in [6.45, 7) is 1.11. The van der Waals surface area contributed by atoms with Gasteiger partial charge in [0.05, 0.1) is 12.7 Å². The molecule has 0 saturated carbocycles. The molecular formula is C15H16N4O3. The van der Waals surface area contributed by atoms with Crippen molar-refractivity contribution < 1.29 is 14.3 Å². The van der Waals surface area contributed by atoms with Crippen LogP contribution < -0.4 is 10.6 Å². The molecule has 1 aromatic heterocycles. The number of carbonyl (C=O) groups excluding carboxylic acids is 2. The van der Waals surface area contributed by atoms with E-state index in [0.29, 0.717) is 13.1 Å². The summed E-state index contributed by atoms with van der Waals surface area (Å²) in [7, 11) is 0. The topological polar surface area (TPSA) is 85.3 Å². The molecule has 3 rings (SSSR count). The lowest BCUT2D eigenvalue weighted by atomic mass is 10.2. The first-order valence-corrected chi connectivity index (χ1v) is 6.97. The fourth-order valence-electron chi connectivity index (χ4n) is 2.19. The molecular weight excluding hydrogens is 284 g/mol. The summed E-state index contributed by atoms with van der Waals surface area (Å²) in [5.74, 6) is -0.262. The molecule has 2 N–H and O–H groups in total. The van der Waals surface area contributed by atoms with Gasteiger partial charge in [-0.2, -0.15) is 5.10 Å². The Hall–Kier alpha value is -2.83. The normalized spacial score (nSPS) is 16.9. The summed E-state index contributed by atoms with van der Waals surface area (Å²) in [4.78, 5) is 22.7. The molecule has 2 aromatic rings. The number of amides is 2. The van der Waals surface area contributed by atoms with E-state index in [4.69, 9.17) is 0 Å². The number of alkyl carbamates (subject to hydrolysis) is 1. The molecule has 1 aromatic carbocycles. The average Bonchev–Trinajstić information content (AvgIpc) is 3.15. The van der Waals surface area contributed by atoms with E-state index in [9.17, 15) is 9.59 Å². The zero-order chi connectivity index (χ0) is 15.4. The van der Waals surface area contributed by atoms with Crippen molar-refractivity contribution in [3.63, 3.8) is 0 Å². The second-order valence-corrected chi connectivity index (χ2v) is 5.04. The van der Waals surface area contributed by atoms with E-state index in [-0.39, 0.29) is 12.5 Å². The molecule has 2 heterocycles. The van der Waals surface area contributed by atoms with Crippen LogP contribution in [-0.2, 0) is 22.6 Å². The third-order valence-electron chi connectivity index (χ3n) is 3.33. The molecule has 0 unspecified atom stereocenters. The van der Waals surface area contributed by atoms with Crippen LogP contribution >= 0.6 is 0 Å². The van der Waals surface area contributed by atoms with Crippen LogP contribution in [0.5, 0.6) is 0 Å². The number of carbonyl (C=O) groups is 2. The number of ether oxygens (including phenoxy) is 1. The van der Waals surface area contributed by atoms with Gasteiger partial charge in [0, 0.05) is 18.3 Å². The maximum absolute atomic E-state index is 11.8. The molecule has 7 nitrogen and oxygen atoms in total. The maximum Gasteiger partial charge on any atom is 0.407 e. The van der Waals surface area contributed by atoms with Crippen molar-refractivity contribution in [1.29, 1.82) is 0 Å².